The van der Waals surface area contributed by atoms with Crippen molar-refractivity contribution in [3.63, 3.8) is 0 Å². The minimum Gasteiger partial charge on any atom is -0.478 e. The molecule has 0 spiro atoms. The Bertz CT molecular complexity index is 1080. The zero-order valence-corrected chi connectivity index (χ0v) is 17.5. The molecule has 0 atom stereocenters. The lowest BCUT2D eigenvalue weighted by atomic mass is 9.89. The predicted octanol–water partition coefficient (Wildman–Crippen LogP) is 5.08. The lowest BCUT2D eigenvalue weighted by molar-refractivity contribution is 0.0696. The predicted molar refractivity (Wildman–Crippen MR) is 123 cm³/mol. The smallest absolute Gasteiger partial charge is 0.335 e. The molecular weight excluding hydrogens is 388 g/mol. The summed E-state index contributed by atoms with van der Waals surface area (Å²) >= 11 is 0. The molecule has 0 unspecified atom stereocenters. The van der Waals surface area contributed by atoms with E-state index >= 15 is 0 Å². The highest BCUT2D eigenvalue weighted by atomic mass is 16.4. The molecule has 31 heavy (non-hydrogen) atoms. The number of carbonyl (C=O) groups is 2. The molecule has 3 N–H and O–H groups in total. The fourth-order valence-corrected chi connectivity index (χ4v) is 4.00. The van der Waals surface area contributed by atoms with Crippen LogP contribution in [-0.4, -0.2) is 30.1 Å². The van der Waals surface area contributed by atoms with E-state index in [-0.39, 0.29) is 11.5 Å². The first-order chi connectivity index (χ1) is 15.0. The molecule has 0 bridgehead atoms. The van der Waals surface area contributed by atoms with Crippen LogP contribution in [0.1, 0.15) is 50.6 Å². The van der Waals surface area contributed by atoms with Crippen LogP contribution < -0.4 is 10.6 Å². The number of aryl methyl sites for hydroxylation is 1. The van der Waals surface area contributed by atoms with Gasteiger partial charge in [-0.2, -0.15) is 0 Å². The van der Waals surface area contributed by atoms with Gasteiger partial charge in [-0.15, -0.1) is 0 Å². The molecule has 5 heteroatoms. The monoisotopic (exact) mass is 414 g/mol. The summed E-state index contributed by atoms with van der Waals surface area (Å²) in [6.45, 7) is 4.04. The Hall–Kier alpha value is -3.44. The van der Waals surface area contributed by atoms with Crippen LogP contribution in [0.5, 0.6) is 0 Å². The molecule has 3 aromatic rings. The highest BCUT2D eigenvalue weighted by molar-refractivity contribution is 6.05. The number of anilines is 1. The third kappa shape index (κ3) is 5.01. The number of nitrogens with one attached hydrogen (secondary N) is 2. The lowest BCUT2D eigenvalue weighted by Crippen LogP contribution is -2.26. The van der Waals surface area contributed by atoms with Crippen molar-refractivity contribution in [3.8, 4) is 11.1 Å². The van der Waals surface area contributed by atoms with Crippen molar-refractivity contribution in [1.29, 1.82) is 0 Å². The summed E-state index contributed by atoms with van der Waals surface area (Å²) in [7, 11) is 0. The molecule has 0 radical (unpaired) electrons. The SMILES string of the molecule is Cc1ccc(C(=O)Nc2cc(C(=O)O)cc(-c3ccc(C4CCNCC4)cc3)c2)cc1. The van der Waals surface area contributed by atoms with E-state index in [1.165, 1.54) is 11.6 Å². The summed E-state index contributed by atoms with van der Waals surface area (Å²) in [4.78, 5) is 24.3. The van der Waals surface area contributed by atoms with E-state index in [0.717, 1.165) is 42.6 Å². The van der Waals surface area contributed by atoms with E-state index in [0.29, 0.717) is 17.2 Å². The molecule has 1 aliphatic rings. The number of carboxylic acids is 1. The van der Waals surface area contributed by atoms with E-state index in [2.05, 4.69) is 22.8 Å². The number of benzene rings is 3. The van der Waals surface area contributed by atoms with Gasteiger partial charge in [-0.3, -0.25) is 4.79 Å². The molecule has 3 aromatic carbocycles. The van der Waals surface area contributed by atoms with E-state index in [4.69, 9.17) is 0 Å². The summed E-state index contributed by atoms with van der Waals surface area (Å²) in [6.07, 6.45) is 2.26. The Balaban J connectivity index is 1.60. The van der Waals surface area contributed by atoms with Crippen molar-refractivity contribution in [3.05, 3.63) is 89.0 Å². The van der Waals surface area contributed by atoms with Crippen molar-refractivity contribution in [2.75, 3.05) is 18.4 Å². The van der Waals surface area contributed by atoms with Gasteiger partial charge in [-0.05, 0) is 85.8 Å². The summed E-state index contributed by atoms with van der Waals surface area (Å²) in [5, 5.41) is 15.8. The Morgan fingerprint density at radius 1 is 0.871 bits per heavy atom. The summed E-state index contributed by atoms with van der Waals surface area (Å²) in [5.41, 5.74) is 5.19. The third-order valence-corrected chi connectivity index (χ3v) is 5.81. The fourth-order valence-electron chi connectivity index (χ4n) is 4.00. The van der Waals surface area contributed by atoms with Crippen LogP contribution in [0, 0.1) is 6.92 Å². The first-order valence-corrected chi connectivity index (χ1v) is 10.6. The van der Waals surface area contributed by atoms with Gasteiger partial charge in [0, 0.05) is 11.3 Å². The lowest BCUT2D eigenvalue weighted by Gasteiger charge is -2.23. The number of rotatable bonds is 5. The molecule has 0 aliphatic carbocycles. The minimum absolute atomic E-state index is 0.138. The van der Waals surface area contributed by atoms with Crippen LogP contribution in [0.3, 0.4) is 0 Å². The third-order valence-electron chi connectivity index (χ3n) is 5.81. The zero-order valence-electron chi connectivity index (χ0n) is 17.5. The topological polar surface area (TPSA) is 78.4 Å². The van der Waals surface area contributed by atoms with Gasteiger partial charge in [0.1, 0.15) is 0 Å². The molecule has 158 valence electrons. The Kier molecular flexibility index (Phi) is 6.14. The van der Waals surface area contributed by atoms with E-state index < -0.39 is 5.97 Å². The Labute approximate surface area is 182 Å². The molecule has 4 rings (SSSR count). The molecule has 0 saturated carbocycles. The first kappa shape index (κ1) is 20.8. The second-order valence-electron chi connectivity index (χ2n) is 8.07. The second kappa shape index (κ2) is 9.14. The average Bonchev–Trinajstić information content (AvgIpc) is 2.80. The van der Waals surface area contributed by atoms with Gasteiger partial charge in [-0.25, -0.2) is 4.79 Å². The maximum absolute atomic E-state index is 12.6. The largest absolute Gasteiger partial charge is 0.478 e. The van der Waals surface area contributed by atoms with Crippen molar-refractivity contribution >= 4 is 17.6 Å². The number of amides is 1. The highest BCUT2D eigenvalue weighted by Crippen LogP contribution is 2.30. The standard InChI is InChI=1S/C26H26N2O3/c1-17-2-4-21(5-3-17)25(29)28-24-15-22(14-23(16-24)26(30)31)19-8-6-18(7-9-19)20-10-12-27-13-11-20/h2-9,14-16,20,27H,10-13H2,1H3,(H,28,29)(H,30,31). The number of piperidine rings is 1. The Morgan fingerprint density at radius 3 is 2.19 bits per heavy atom. The van der Waals surface area contributed by atoms with Gasteiger partial charge in [-0.1, -0.05) is 42.0 Å². The van der Waals surface area contributed by atoms with Gasteiger partial charge < -0.3 is 15.7 Å². The first-order valence-electron chi connectivity index (χ1n) is 10.6. The number of carbonyl (C=O) groups excluding carboxylic acids is 1. The number of hydrogen-bond donors (Lipinski definition) is 3. The average molecular weight is 415 g/mol. The van der Waals surface area contributed by atoms with Gasteiger partial charge in [0.05, 0.1) is 5.56 Å². The van der Waals surface area contributed by atoms with Crippen molar-refractivity contribution in [2.45, 2.75) is 25.7 Å². The summed E-state index contributed by atoms with van der Waals surface area (Å²) in [5.74, 6) is -0.737. The second-order valence-corrected chi connectivity index (χ2v) is 8.07. The summed E-state index contributed by atoms with van der Waals surface area (Å²) in [6, 6.07) is 20.5. The van der Waals surface area contributed by atoms with Crippen molar-refractivity contribution in [2.24, 2.45) is 0 Å². The number of aromatic carboxylic acids is 1. The van der Waals surface area contributed by atoms with Crippen LogP contribution in [-0.2, 0) is 0 Å². The molecular formula is C26H26N2O3. The normalized spacial score (nSPS) is 14.2. The quantitative estimate of drug-likeness (QED) is 0.544. The van der Waals surface area contributed by atoms with Crippen molar-refractivity contribution < 1.29 is 14.7 Å². The molecule has 1 fully saturated rings. The molecule has 5 nitrogen and oxygen atoms in total. The number of carboxylic acid groups (broad SMARTS) is 1. The fraction of sp³-hybridized carbons (Fsp3) is 0.231. The van der Waals surface area contributed by atoms with Crippen LogP contribution in [0.25, 0.3) is 11.1 Å². The van der Waals surface area contributed by atoms with Crippen LogP contribution in [0.4, 0.5) is 5.69 Å². The Morgan fingerprint density at radius 2 is 1.55 bits per heavy atom. The van der Waals surface area contributed by atoms with Gasteiger partial charge in [0.25, 0.3) is 5.91 Å². The minimum atomic E-state index is -1.03. The van der Waals surface area contributed by atoms with E-state index in [1.807, 2.05) is 37.3 Å². The summed E-state index contributed by atoms with van der Waals surface area (Å²) < 4.78 is 0. The van der Waals surface area contributed by atoms with Gasteiger partial charge >= 0.3 is 5.97 Å². The molecule has 1 heterocycles. The van der Waals surface area contributed by atoms with Gasteiger partial charge in [0.2, 0.25) is 0 Å². The maximum Gasteiger partial charge on any atom is 0.335 e. The van der Waals surface area contributed by atoms with Gasteiger partial charge in [0.15, 0.2) is 0 Å². The molecule has 1 amide bonds. The molecule has 0 aromatic heterocycles. The maximum atomic E-state index is 12.6. The zero-order chi connectivity index (χ0) is 21.8. The van der Waals surface area contributed by atoms with E-state index in [1.54, 1.807) is 18.2 Å². The van der Waals surface area contributed by atoms with Crippen molar-refractivity contribution in [1.82, 2.24) is 5.32 Å². The molecule has 1 saturated heterocycles. The van der Waals surface area contributed by atoms with E-state index in [9.17, 15) is 14.7 Å². The highest BCUT2D eigenvalue weighted by Gasteiger charge is 2.16. The van der Waals surface area contributed by atoms with Crippen LogP contribution in [0.2, 0.25) is 0 Å². The number of hydrogen-bond acceptors (Lipinski definition) is 3. The van der Waals surface area contributed by atoms with Crippen LogP contribution in [0.15, 0.2) is 66.7 Å². The molecule has 1 aliphatic heterocycles. The van der Waals surface area contributed by atoms with Crippen LogP contribution >= 0.6 is 0 Å².